The monoisotopic (exact) mass is 347 g/mol. The molecule has 6 heteroatoms. The summed E-state index contributed by atoms with van der Waals surface area (Å²) in [5, 5.41) is 3.42. The molecule has 1 N–H and O–H groups in total. The maximum atomic E-state index is 12.5. The van der Waals surface area contributed by atoms with Gasteiger partial charge in [-0.1, -0.05) is 11.6 Å². The molecule has 1 aliphatic heterocycles. The highest BCUT2D eigenvalue weighted by Gasteiger charge is 2.16. The van der Waals surface area contributed by atoms with Gasteiger partial charge in [-0.15, -0.1) is 0 Å². The molecule has 0 saturated carbocycles. The number of hydrogen-bond donors (Lipinski definition) is 1. The van der Waals surface area contributed by atoms with Gasteiger partial charge in [-0.3, -0.25) is 4.79 Å². The number of aromatic nitrogens is 2. The third-order valence-corrected chi connectivity index (χ3v) is 4.17. The standard InChI is InChI=1S/C18H22ClN3O2/c1-12(2)24-16-7-6-13(19)9-15(16)18(23)20-10-14-11-22-8-4-3-5-17(22)21-14/h6-7,9,11-12H,3-5,8,10H2,1-2H3,(H,20,23). The van der Waals surface area contributed by atoms with Crippen LogP contribution in [0.15, 0.2) is 24.4 Å². The van der Waals surface area contributed by atoms with E-state index in [2.05, 4.69) is 14.9 Å². The molecule has 0 unspecified atom stereocenters. The summed E-state index contributed by atoms with van der Waals surface area (Å²) in [5.74, 6) is 1.44. The first-order valence-electron chi connectivity index (χ1n) is 8.32. The Bertz CT molecular complexity index is 716. The molecule has 24 heavy (non-hydrogen) atoms. The van der Waals surface area contributed by atoms with Crippen molar-refractivity contribution >= 4 is 17.5 Å². The van der Waals surface area contributed by atoms with Crippen molar-refractivity contribution in [1.82, 2.24) is 14.9 Å². The Kier molecular flexibility index (Phi) is 5.09. The third kappa shape index (κ3) is 3.90. The minimum absolute atomic E-state index is 0.0161. The Balaban J connectivity index is 1.70. The van der Waals surface area contributed by atoms with Crippen LogP contribution in [0.1, 0.15) is 48.6 Å². The lowest BCUT2D eigenvalue weighted by Crippen LogP contribution is -2.24. The smallest absolute Gasteiger partial charge is 0.255 e. The number of carbonyl (C=O) groups is 1. The molecular formula is C18H22ClN3O2. The summed E-state index contributed by atoms with van der Waals surface area (Å²) in [7, 11) is 0. The van der Waals surface area contributed by atoms with Gasteiger partial charge in [-0.25, -0.2) is 4.98 Å². The number of carbonyl (C=O) groups excluding carboxylic acids is 1. The summed E-state index contributed by atoms with van der Waals surface area (Å²) in [4.78, 5) is 17.1. The number of amides is 1. The van der Waals surface area contributed by atoms with Crippen molar-refractivity contribution < 1.29 is 9.53 Å². The molecule has 1 aromatic heterocycles. The Labute approximate surface area is 147 Å². The molecule has 0 bridgehead atoms. The largest absolute Gasteiger partial charge is 0.490 e. The molecule has 2 aromatic rings. The van der Waals surface area contributed by atoms with E-state index in [1.807, 2.05) is 20.0 Å². The molecule has 0 aliphatic carbocycles. The van der Waals surface area contributed by atoms with Gasteiger partial charge in [-0.05, 0) is 44.9 Å². The van der Waals surface area contributed by atoms with Crippen LogP contribution in [0, 0.1) is 0 Å². The van der Waals surface area contributed by atoms with E-state index in [0.717, 1.165) is 24.5 Å². The molecule has 5 nitrogen and oxygen atoms in total. The first-order valence-corrected chi connectivity index (χ1v) is 8.70. The zero-order valence-electron chi connectivity index (χ0n) is 14.0. The number of ether oxygens (including phenoxy) is 1. The summed E-state index contributed by atoms with van der Waals surface area (Å²) in [5.41, 5.74) is 1.33. The number of imidazole rings is 1. The second-order valence-electron chi connectivity index (χ2n) is 6.29. The van der Waals surface area contributed by atoms with Gasteiger partial charge in [0.15, 0.2) is 0 Å². The van der Waals surface area contributed by atoms with Crippen molar-refractivity contribution in [3.05, 3.63) is 46.5 Å². The summed E-state index contributed by atoms with van der Waals surface area (Å²) < 4.78 is 7.88. The quantitative estimate of drug-likeness (QED) is 0.899. The lowest BCUT2D eigenvalue weighted by atomic mass is 10.2. The summed E-state index contributed by atoms with van der Waals surface area (Å²) in [6, 6.07) is 5.08. The Hall–Kier alpha value is -2.01. The van der Waals surface area contributed by atoms with Gasteiger partial charge in [-0.2, -0.15) is 0 Å². The zero-order chi connectivity index (χ0) is 17.1. The second kappa shape index (κ2) is 7.26. The van der Waals surface area contributed by atoms with Crippen molar-refractivity contribution in [2.45, 2.75) is 52.3 Å². The van der Waals surface area contributed by atoms with Crippen LogP contribution in [-0.2, 0) is 19.5 Å². The third-order valence-electron chi connectivity index (χ3n) is 3.94. The van der Waals surface area contributed by atoms with Crippen molar-refractivity contribution in [2.24, 2.45) is 0 Å². The highest BCUT2D eigenvalue weighted by atomic mass is 35.5. The molecule has 128 valence electrons. The first kappa shape index (κ1) is 16.8. The van der Waals surface area contributed by atoms with Crippen LogP contribution in [0.3, 0.4) is 0 Å². The van der Waals surface area contributed by atoms with Crippen LogP contribution in [0.25, 0.3) is 0 Å². The van der Waals surface area contributed by atoms with Gasteiger partial charge in [0, 0.05) is 24.2 Å². The molecule has 1 amide bonds. The molecule has 0 radical (unpaired) electrons. The zero-order valence-corrected chi connectivity index (χ0v) is 14.8. The fourth-order valence-corrected chi connectivity index (χ4v) is 3.03. The van der Waals surface area contributed by atoms with E-state index in [0.29, 0.717) is 22.9 Å². The average Bonchev–Trinajstić information content (AvgIpc) is 2.96. The van der Waals surface area contributed by atoms with Crippen molar-refractivity contribution in [2.75, 3.05) is 0 Å². The van der Waals surface area contributed by atoms with Crippen molar-refractivity contribution in [1.29, 1.82) is 0 Å². The molecule has 1 aliphatic rings. The average molecular weight is 348 g/mol. The lowest BCUT2D eigenvalue weighted by Gasteiger charge is -2.14. The van der Waals surface area contributed by atoms with E-state index in [1.165, 1.54) is 12.8 Å². The molecule has 3 rings (SSSR count). The van der Waals surface area contributed by atoms with Gasteiger partial charge in [0.25, 0.3) is 5.91 Å². The van der Waals surface area contributed by atoms with Crippen molar-refractivity contribution in [3.63, 3.8) is 0 Å². The van der Waals surface area contributed by atoms with E-state index < -0.39 is 0 Å². The number of benzene rings is 1. The molecular weight excluding hydrogens is 326 g/mol. The van der Waals surface area contributed by atoms with Gasteiger partial charge < -0.3 is 14.6 Å². The van der Waals surface area contributed by atoms with Gasteiger partial charge >= 0.3 is 0 Å². The van der Waals surface area contributed by atoms with E-state index in [-0.39, 0.29) is 12.0 Å². The highest BCUT2D eigenvalue weighted by Crippen LogP contribution is 2.24. The molecule has 0 spiro atoms. The van der Waals surface area contributed by atoms with Gasteiger partial charge in [0.2, 0.25) is 0 Å². The topological polar surface area (TPSA) is 56.1 Å². The fraction of sp³-hybridized carbons (Fsp3) is 0.444. The van der Waals surface area contributed by atoms with Gasteiger partial charge in [0.05, 0.1) is 23.9 Å². The summed E-state index contributed by atoms with van der Waals surface area (Å²) in [6.45, 7) is 5.25. The second-order valence-corrected chi connectivity index (χ2v) is 6.73. The van der Waals surface area contributed by atoms with Crippen LogP contribution in [0.5, 0.6) is 5.75 Å². The van der Waals surface area contributed by atoms with Crippen LogP contribution in [0.4, 0.5) is 0 Å². The number of rotatable bonds is 5. The maximum absolute atomic E-state index is 12.5. The van der Waals surface area contributed by atoms with E-state index in [1.54, 1.807) is 18.2 Å². The Morgan fingerprint density at radius 3 is 3.00 bits per heavy atom. The fourth-order valence-electron chi connectivity index (χ4n) is 2.86. The number of aryl methyl sites for hydroxylation is 2. The molecule has 0 fully saturated rings. The highest BCUT2D eigenvalue weighted by molar-refractivity contribution is 6.31. The molecule has 2 heterocycles. The Morgan fingerprint density at radius 2 is 2.25 bits per heavy atom. The van der Waals surface area contributed by atoms with Crippen LogP contribution < -0.4 is 10.1 Å². The summed E-state index contributed by atoms with van der Waals surface area (Å²) >= 11 is 6.03. The number of nitrogens with one attached hydrogen (secondary N) is 1. The first-order chi connectivity index (χ1) is 11.5. The molecule has 1 aromatic carbocycles. The number of halogens is 1. The normalized spacial score (nSPS) is 13.7. The predicted molar refractivity (Wildman–Crippen MR) is 93.6 cm³/mol. The lowest BCUT2D eigenvalue weighted by molar-refractivity contribution is 0.0944. The van der Waals surface area contributed by atoms with E-state index in [4.69, 9.17) is 16.3 Å². The minimum atomic E-state index is -0.209. The van der Waals surface area contributed by atoms with Gasteiger partial charge in [0.1, 0.15) is 11.6 Å². The predicted octanol–water partition coefficient (Wildman–Crippen LogP) is 3.59. The van der Waals surface area contributed by atoms with Crippen LogP contribution in [-0.4, -0.2) is 21.6 Å². The number of hydrogen-bond acceptors (Lipinski definition) is 3. The minimum Gasteiger partial charge on any atom is -0.490 e. The van der Waals surface area contributed by atoms with E-state index >= 15 is 0 Å². The number of fused-ring (bicyclic) bond motifs is 1. The SMILES string of the molecule is CC(C)Oc1ccc(Cl)cc1C(=O)NCc1cn2c(n1)CCCC2. The van der Waals surface area contributed by atoms with Crippen molar-refractivity contribution in [3.8, 4) is 5.75 Å². The summed E-state index contributed by atoms with van der Waals surface area (Å²) in [6.07, 6.45) is 5.39. The molecule has 0 saturated heterocycles. The van der Waals surface area contributed by atoms with Crippen LogP contribution in [0.2, 0.25) is 5.02 Å². The number of nitrogens with zero attached hydrogens (tertiary/aromatic N) is 2. The van der Waals surface area contributed by atoms with Crippen LogP contribution >= 0.6 is 11.6 Å². The van der Waals surface area contributed by atoms with E-state index in [9.17, 15) is 4.79 Å². The maximum Gasteiger partial charge on any atom is 0.255 e. The Morgan fingerprint density at radius 1 is 1.42 bits per heavy atom. The molecule has 0 atom stereocenters.